The monoisotopic (exact) mass is 409 g/mol. The Morgan fingerprint density at radius 1 is 1.24 bits per heavy atom. The number of rotatable bonds is 5. The van der Waals surface area contributed by atoms with Gasteiger partial charge in [0.1, 0.15) is 12.4 Å². The van der Waals surface area contributed by atoms with Crippen LogP contribution in [0.15, 0.2) is 48.5 Å². The highest BCUT2D eigenvalue weighted by Crippen LogP contribution is 2.30. The molecule has 6 heteroatoms. The lowest BCUT2D eigenvalue weighted by molar-refractivity contribution is -0.126. The van der Waals surface area contributed by atoms with Crippen LogP contribution in [0, 0.1) is 19.8 Å². The Hall–Kier alpha value is -2.79. The van der Waals surface area contributed by atoms with Gasteiger partial charge in [-0.15, -0.1) is 0 Å². The smallest absolute Gasteiger partial charge is 0.227 e. The van der Waals surface area contributed by atoms with E-state index in [1.54, 1.807) is 6.07 Å². The maximum atomic E-state index is 12.7. The zero-order valence-corrected chi connectivity index (χ0v) is 17.4. The SMILES string of the molecule is Cc1nn(Cc2ccccc2)c(C)c1CNC(=O)[C@@H]1COc2ccc(Cl)cc2C1. The van der Waals surface area contributed by atoms with E-state index in [0.29, 0.717) is 24.6 Å². The molecule has 0 aliphatic carbocycles. The van der Waals surface area contributed by atoms with Crippen LogP contribution in [0.25, 0.3) is 0 Å². The lowest BCUT2D eigenvalue weighted by atomic mass is 9.96. The van der Waals surface area contributed by atoms with Gasteiger partial charge in [-0.05, 0) is 49.6 Å². The lowest BCUT2D eigenvalue weighted by Gasteiger charge is -2.24. The fraction of sp³-hybridized carbons (Fsp3) is 0.304. The summed E-state index contributed by atoms with van der Waals surface area (Å²) in [6.07, 6.45) is 0.632. The minimum absolute atomic E-state index is 0.00904. The number of hydrogen-bond donors (Lipinski definition) is 1. The van der Waals surface area contributed by atoms with Gasteiger partial charge in [-0.3, -0.25) is 9.48 Å². The van der Waals surface area contributed by atoms with Gasteiger partial charge in [0.25, 0.3) is 0 Å². The van der Waals surface area contributed by atoms with Crippen molar-refractivity contribution < 1.29 is 9.53 Å². The maximum Gasteiger partial charge on any atom is 0.227 e. The average Bonchev–Trinajstić information content (AvgIpc) is 2.99. The van der Waals surface area contributed by atoms with Gasteiger partial charge < -0.3 is 10.1 Å². The fourth-order valence-corrected chi connectivity index (χ4v) is 3.95. The summed E-state index contributed by atoms with van der Waals surface area (Å²) in [5.41, 5.74) is 5.26. The molecule has 29 heavy (non-hydrogen) atoms. The van der Waals surface area contributed by atoms with Crippen molar-refractivity contribution in [1.82, 2.24) is 15.1 Å². The first kappa shape index (κ1) is 19.5. The van der Waals surface area contributed by atoms with Gasteiger partial charge in [-0.2, -0.15) is 5.10 Å². The molecule has 0 radical (unpaired) electrons. The molecule has 150 valence electrons. The van der Waals surface area contributed by atoms with Gasteiger partial charge in [0.15, 0.2) is 0 Å². The first-order valence-electron chi connectivity index (χ1n) is 9.77. The van der Waals surface area contributed by atoms with Crippen molar-refractivity contribution in [3.8, 4) is 5.75 Å². The third-order valence-electron chi connectivity index (χ3n) is 5.45. The minimum atomic E-state index is -0.221. The number of fused-ring (bicyclic) bond motifs is 1. The van der Waals surface area contributed by atoms with Crippen LogP contribution in [0.1, 0.15) is 28.1 Å². The number of halogens is 1. The molecule has 1 aliphatic rings. The van der Waals surface area contributed by atoms with Crippen molar-refractivity contribution in [2.24, 2.45) is 5.92 Å². The van der Waals surface area contributed by atoms with E-state index in [-0.39, 0.29) is 11.8 Å². The number of nitrogens with one attached hydrogen (secondary N) is 1. The highest BCUT2D eigenvalue weighted by molar-refractivity contribution is 6.30. The molecule has 0 unspecified atom stereocenters. The van der Waals surface area contributed by atoms with Crippen LogP contribution in [0.5, 0.6) is 5.75 Å². The third kappa shape index (κ3) is 4.30. The van der Waals surface area contributed by atoms with E-state index in [4.69, 9.17) is 16.3 Å². The Morgan fingerprint density at radius 3 is 2.83 bits per heavy atom. The van der Waals surface area contributed by atoms with Gasteiger partial charge in [-0.1, -0.05) is 41.9 Å². The Labute approximate surface area is 175 Å². The van der Waals surface area contributed by atoms with Crippen LogP contribution in [0.4, 0.5) is 0 Å². The van der Waals surface area contributed by atoms with Crippen LogP contribution >= 0.6 is 11.6 Å². The van der Waals surface area contributed by atoms with Crippen molar-refractivity contribution in [3.05, 3.63) is 81.6 Å². The van der Waals surface area contributed by atoms with Crippen LogP contribution < -0.4 is 10.1 Å². The normalized spacial score (nSPS) is 15.5. The van der Waals surface area contributed by atoms with Gasteiger partial charge in [0.2, 0.25) is 5.91 Å². The molecule has 0 spiro atoms. The quantitative estimate of drug-likeness (QED) is 0.691. The molecule has 5 nitrogen and oxygen atoms in total. The molecule has 1 aliphatic heterocycles. The van der Waals surface area contributed by atoms with Crippen molar-refractivity contribution in [1.29, 1.82) is 0 Å². The Balaban J connectivity index is 1.41. The summed E-state index contributed by atoms with van der Waals surface area (Å²) in [7, 11) is 0. The predicted octanol–water partition coefficient (Wildman–Crippen LogP) is 4.07. The summed E-state index contributed by atoms with van der Waals surface area (Å²) >= 11 is 6.07. The standard InChI is InChI=1S/C23H24ClN3O2/c1-15-21(16(2)27(26-15)13-17-6-4-3-5-7-17)12-25-23(28)19-10-18-11-20(24)8-9-22(18)29-14-19/h3-9,11,19H,10,12-14H2,1-2H3,(H,25,28)/t19-/m0/s1. The minimum Gasteiger partial charge on any atom is -0.492 e. The largest absolute Gasteiger partial charge is 0.492 e. The first-order valence-corrected chi connectivity index (χ1v) is 10.1. The number of aryl methyl sites for hydroxylation is 1. The Kier molecular flexibility index (Phi) is 5.58. The molecule has 1 N–H and O–H groups in total. The molecule has 1 atom stereocenters. The Morgan fingerprint density at radius 2 is 2.03 bits per heavy atom. The number of ether oxygens (including phenoxy) is 1. The van der Waals surface area contributed by atoms with E-state index in [9.17, 15) is 4.79 Å². The van der Waals surface area contributed by atoms with Crippen LogP contribution in [0.3, 0.4) is 0 Å². The van der Waals surface area contributed by atoms with Crippen LogP contribution in [-0.2, 0) is 24.3 Å². The summed E-state index contributed by atoms with van der Waals surface area (Å²) in [6, 6.07) is 15.8. The molecule has 0 saturated carbocycles. The number of nitrogens with zero attached hydrogens (tertiary/aromatic N) is 2. The molecule has 3 aromatic rings. The van der Waals surface area contributed by atoms with Crippen molar-refractivity contribution in [2.75, 3.05) is 6.61 Å². The third-order valence-corrected chi connectivity index (χ3v) is 5.68. The molecule has 0 saturated heterocycles. The van der Waals surface area contributed by atoms with E-state index in [1.165, 1.54) is 5.56 Å². The summed E-state index contributed by atoms with van der Waals surface area (Å²) < 4.78 is 7.74. The highest BCUT2D eigenvalue weighted by Gasteiger charge is 2.26. The molecular formula is C23H24ClN3O2. The van der Waals surface area contributed by atoms with Crippen molar-refractivity contribution in [3.63, 3.8) is 0 Å². The summed E-state index contributed by atoms with van der Waals surface area (Å²) in [4.78, 5) is 12.7. The number of benzene rings is 2. The number of hydrogen-bond acceptors (Lipinski definition) is 3. The van der Waals surface area contributed by atoms with E-state index in [1.807, 2.05) is 48.9 Å². The second kappa shape index (κ2) is 8.29. The molecular weight excluding hydrogens is 386 g/mol. The molecule has 0 bridgehead atoms. The van der Waals surface area contributed by atoms with Gasteiger partial charge in [0.05, 0.1) is 18.2 Å². The van der Waals surface area contributed by atoms with Crippen LogP contribution in [-0.4, -0.2) is 22.3 Å². The van der Waals surface area contributed by atoms with Gasteiger partial charge >= 0.3 is 0 Å². The number of carbonyl (C=O) groups is 1. The zero-order valence-electron chi connectivity index (χ0n) is 16.6. The second-order valence-electron chi connectivity index (χ2n) is 7.47. The maximum absolute atomic E-state index is 12.7. The van der Waals surface area contributed by atoms with E-state index in [0.717, 1.165) is 34.8 Å². The predicted molar refractivity (Wildman–Crippen MR) is 113 cm³/mol. The van der Waals surface area contributed by atoms with Crippen molar-refractivity contribution in [2.45, 2.75) is 33.4 Å². The molecule has 1 amide bonds. The van der Waals surface area contributed by atoms with Crippen LogP contribution in [0.2, 0.25) is 5.02 Å². The second-order valence-corrected chi connectivity index (χ2v) is 7.91. The van der Waals surface area contributed by atoms with E-state index >= 15 is 0 Å². The van der Waals surface area contributed by atoms with Crippen molar-refractivity contribution >= 4 is 17.5 Å². The summed E-state index contributed by atoms with van der Waals surface area (Å²) in [6.45, 7) is 5.59. The van der Waals surface area contributed by atoms with E-state index in [2.05, 4.69) is 22.5 Å². The summed E-state index contributed by atoms with van der Waals surface area (Å²) in [5, 5.41) is 8.39. The number of amides is 1. The molecule has 4 rings (SSSR count). The molecule has 0 fully saturated rings. The zero-order chi connectivity index (χ0) is 20.4. The molecule has 2 aromatic carbocycles. The Bertz CT molecular complexity index is 1030. The lowest BCUT2D eigenvalue weighted by Crippen LogP contribution is -2.37. The number of aromatic nitrogens is 2. The topological polar surface area (TPSA) is 56.2 Å². The number of carbonyl (C=O) groups excluding carboxylic acids is 1. The summed E-state index contributed by atoms with van der Waals surface area (Å²) in [5.74, 6) is 0.582. The average molecular weight is 410 g/mol. The highest BCUT2D eigenvalue weighted by atomic mass is 35.5. The van der Waals surface area contributed by atoms with Gasteiger partial charge in [-0.25, -0.2) is 0 Å². The molecule has 2 heterocycles. The van der Waals surface area contributed by atoms with E-state index < -0.39 is 0 Å². The molecule has 1 aromatic heterocycles. The first-order chi connectivity index (χ1) is 14.0. The fourth-order valence-electron chi connectivity index (χ4n) is 3.75. The van der Waals surface area contributed by atoms with Gasteiger partial charge in [0, 0.05) is 22.8 Å².